The van der Waals surface area contributed by atoms with E-state index in [-0.39, 0.29) is 18.9 Å². The molecule has 32 heavy (non-hydrogen) atoms. The van der Waals surface area contributed by atoms with E-state index in [4.69, 9.17) is 14.8 Å². The van der Waals surface area contributed by atoms with Gasteiger partial charge in [-0.05, 0) is 66.5 Å². The fourth-order valence-electron chi connectivity index (χ4n) is 4.06. The highest BCUT2D eigenvalue weighted by Gasteiger charge is 2.24. The van der Waals surface area contributed by atoms with Crippen LogP contribution in [-0.2, 0) is 18.4 Å². The third-order valence-electron chi connectivity index (χ3n) is 5.62. The van der Waals surface area contributed by atoms with Gasteiger partial charge in [-0.2, -0.15) is 0 Å². The molecule has 0 aliphatic carbocycles. The maximum Gasteiger partial charge on any atom is 0.303 e. The molecule has 1 N–H and O–H groups in total. The number of carboxylic acid groups (broad SMARTS) is 1. The van der Waals surface area contributed by atoms with E-state index in [1.54, 1.807) is 10.9 Å². The van der Waals surface area contributed by atoms with Crippen LogP contribution in [0, 0.1) is 16.4 Å². The Bertz CT molecular complexity index is 1120. The maximum atomic E-state index is 11.1. The fourth-order valence-corrected chi connectivity index (χ4v) is 4.49. The molecule has 3 aromatic heterocycles. The summed E-state index contributed by atoms with van der Waals surface area (Å²) in [5, 5.41) is 17.6. The topological polar surface area (TPSA) is 106 Å². The van der Waals surface area contributed by atoms with E-state index in [1.807, 2.05) is 38.2 Å². The van der Waals surface area contributed by atoms with Crippen LogP contribution in [0.2, 0.25) is 0 Å². The van der Waals surface area contributed by atoms with Crippen molar-refractivity contribution in [1.29, 1.82) is 0 Å². The van der Waals surface area contributed by atoms with Crippen molar-refractivity contribution in [3.63, 3.8) is 0 Å². The monoisotopic (exact) mass is 548 g/mol. The number of hydrogen-bond acceptors (Lipinski definition) is 7. The third-order valence-corrected chi connectivity index (χ3v) is 6.29. The highest BCUT2D eigenvalue weighted by atomic mass is 127. The van der Waals surface area contributed by atoms with E-state index in [0.717, 1.165) is 52.3 Å². The van der Waals surface area contributed by atoms with E-state index < -0.39 is 5.97 Å². The van der Waals surface area contributed by atoms with Crippen LogP contribution in [-0.4, -0.2) is 49.1 Å². The van der Waals surface area contributed by atoms with Crippen molar-refractivity contribution in [3.8, 4) is 17.3 Å². The predicted octanol–water partition coefficient (Wildman–Crippen LogP) is 3.46. The van der Waals surface area contributed by atoms with Crippen molar-refractivity contribution in [3.05, 3.63) is 45.4 Å². The SMILES string of the molecule is Cc1nc(-c2nnn(C)c2COc2cc(I)ccn2)ccc1N1CCC[C@H](CC(=O)O)C1. The van der Waals surface area contributed by atoms with Crippen molar-refractivity contribution in [1.82, 2.24) is 25.0 Å². The summed E-state index contributed by atoms with van der Waals surface area (Å²) >= 11 is 2.22. The lowest BCUT2D eigenvalue weighted by Gasteiger charge is -2.34. The molecule has 1 aliphatic heterocycles. The molecule has 0 spiro atoms. The van der Waals surface area contributed by atoms with Crippen LogP contribution in [0.25, 0.3) is 11.4 Å². The van der Waals surface area contributed by atoms with Gasteiger partial charge < -0.3 is 14.7 Å². The molecule has 1 atom stereocenters. The van der Waals surface area contributed by atoms with Crippen LogP contribution in [0.5, 0.6) is 5.88 Å². The summed E-state index contributed by atoms with van der Waals surface area (Å²) in [5.41, 5.74) is 4.14. The summed E-state index contributed by atoms with van der Waals surface area (Å²) in [6, 6.07) is 7.77. The molecule has 0 amide bonds. The largest absolute Gasteiger partial charge is 0.481 e. The molecule has 3 aromatic rings. The highest BCUT2D eigenvalue weighted by Crippen LogP contribution is 2.29. The van der Waals surface area contributed by atoms with E-state index in [9.17, 15) is 4.79 Å². The van der Waals surface area contributed by atoms with Gasteiger partial charge in [0.05, 0.1) is 17.1 Å². The van der Waals surface area contributed by atoms with Crippen LogP contribution in [0.15, 0.2) is 30.5 Å². The van der Waals surface area contributed by atoms with Gasteiger partial charge in [-0.3, -0.25) is 4.79 Å². The molecule has 0 aromatic carbocycles. The average Bonchev–Trinajstić information content (AvgIpc) is 3.12. The second-order valence-corrected chi connectivity index (χ2v) is 9.21. The number of ether oxygens (including phenoxy) is 1. The molecule has 4 rings (SSSR count). The number of pyridine rings is 2. The quantitative estimate of drug-likeness (QED) is 0.448. The Hall–Kier alpha value is -2.76. The molecule has 1 saturated heterocycles. The van der Waals surface area contributed by atoms with Gasteiger partial charge in [0, 0.05) is 42.4 Å². The maximum absolute atomic E-state index is 11.1. The molecular formula is C22H25IN6O3. The summed E-state index contributed by atoms with van der Waals surface area (Å²) in [5.74, 6) is -0.0249. The molecule has 0 unspecified atom stereocenters. The van der Waals surface area contributed by atoms with E-state index in [0.29, 0.717) is 11.6 Å². The Morgan fingerprint density at radius 1 is 1.34 bits per heavy atom. The molecule has 9 nitrogen and oxygen atoms in total. The lowest BCUT2D eigenvalue weighted by atomic mass is 9.94. The Balaban J connectivity index is 1.52. The Kier molecular flexibility index (Phi) is 6.87. The lowest BCUT2D eigenvalue weighted by molar-refractivity contribution is -0.138. The summed E-state index contributed by atoms with van der Waals surface area (Å²) < 4.78 is 8.60. The minimum absolute atomic E-state index is 0.165. The number of piperidine rings is 1. The van der Waals surface area contributed by atoms with Crippen LogP contribution in [0.3, 0.4) is 0 Å². The van der Waals surface area contributed by atoms with Crippen LogP contribution in [0.4, 0.5) is 5.69 Å². The zero-order valence-corrected chi connectivity index (χ0v) is 20.2. The van der Waals surface area contributed by atoms with Crippen LogP contribution < -0.4 is 9.64 Å². The van der Waals surface area contributed by atoms with Crippen molar-refractivity contribution in [2.45, 2.75) is 32.8 Å². The van der Waals surface area contributed by atoms with Crippen molar-refractivity contribution < 1.29 is 14.6 Å². The zero-order valence-electron chi connectivity index (χ0n) is 18.0. The number of aromatic nitrogens is 5. The van der Waals surface area contributed by atoms with E-state index >= 15 is 0 Å². The van der Waals surface area contributed by atoms with E-state index in [2.05, 4.69) is 42.8 Å². The number of anilines is 1. The molecule has 0 radical (unpaired) electrons. The number of nitrogens with zero attached hydrogens (tertiary/aromatic N) is 6. The first-order valence-electron chi connectivity index (χ1n) is 10.5. The summed E-state index contributed by atoms with van der Waals surface area (Å²) in [6.45, 7) is 3.89. The molecule has 10 heteroatoms. The highest BCUT2D eigenvalue weighted by molar-refractivity contribution is 14.1. The van der Waals surface area contributed by atoms with Gasteiger partial charge in [0.1, 0.15) is 18.0 Å². The molecular weight excluding hydrogens is 523 g/mol. The molecule has 168 valence electrons. The van der Waals surface area contributed by atoms with Crippen molar-refractivity contribution in [2.24, 2.45) is 13.0 Å². The first-order valence-corrected chi connectivity index (χ1v) is 11.6. The van der Waals surface area contributed by atoms with Crippen molar-refractivity contribution in [2.75, 3.05) is 18.0 Å². The number of hydrogen-bond donors (Lipinski definition) is 1. The number of rotatable bonds is 7. The number of carboxylic acids is 1. The van der Waals surface area contributed by atoms with Crippen molar-refractivity contribution >= 4 is 34.2 Å². The van der Waals surface area contributed by atoms with Crippen LogP contribution in [0.1, 0.15) is 30.7 Å². The number of aryl methyl sites for hydroxylation is 2. The predicted molar refractivity (Wildman–Crippen MR) is 127 cm³/mol. The third kappa shape index (κ3) is 5.17. The van der Waals surface area contributed by atoms with Gasteiger partial charge in [-0.25, -0.2) is 14.6 Å². The standard InChI is InChI=1S/C22H25IN6O3/c1-14-18(29-9-3-4-15(12-29)10-21(30)31)6-5-17(25-14)22-19(28(2)27-26-22)13-32-20-11-16(23)7-8-24-20/h5-8,11,15H,3-4,9-10,12-13H2,1-2H3,(H,30,31)/t15-/m1/s1. The Labute approximate surface area is 200 Å². The molecule has 4 heterocycles. The number of halogens is 1. The zero-order chi connectivity index (χ0) is 22.7. The van der Waals surface area contributed by atoms with Crippen LogP contribution >= 0.6 is 22.6 Å². The normalized spacial score (nSPS) is 16.2. The van der Waals surface area contributed by atoms with Gasteiger partial charge >= 0.3 is 5.97 Å². The average molecular weight is 548 g/mol. The minimum Gasteiger partial charge on any atom is -0.481 e. The smallest absolute Gasteiger partial charge is 0.303 e. The van der Waals surface area contributed by atoms with Gasteiger partial charge in [0.25, 0.3) is 0 Å². The molecule has 1 aliphatic rings. The Morgan fingerprint density at radius 2 is 2.19 bits per heavy atom. The first kappa shape index (κ1) is 22.4. The Morgan fingerprint density at radius 3 is 2.94 bits per heavy atom. The van der Waals surface area contributed by atoms with Gasteiger partial charge in [-0.1, -0.05) is 5.21 Å². The fraction of sp³-hybridized carbons (Fsp3) is 0.409. The van der Waals surface area contributed by atoms with E-state index in [1.165, 1.54) is 0 Å². The second-order valence-electron chi connectivity index (χ2n) is 7.96. The first-order chi connectivity index (χ1) is 15.4. The summed E-state index contributed by atoms with van der Waals surface area (Å²) in [6.07, 6.45) is 3.85. The molecule has 0 bridgehead atoms. The van der Waals surface area contributed by atoms with Gasteiger partial charge in [-0.15, -0.1) is 5.10 Å². The molecule has 1 fully saturated rings. The number of aliphatic carboxylic acids is 1. The van der Waals surface area contributed by atoms with Gasteiger partial charge in [0.15, 0.2) is 0 Å². The molecule has 0 saturated carbocycles. The number of carbonyl (C=O) groups is 1. The van der Waals surface area contributed by atoms with Gasteiger partial charge in [0.2, 0.25) is 5.88 Å². The minimum atomic E-state index is -0.736. The summed E-state index contributed by atoms with van der Waals surface area (Å²) in [4.78, 5) is 22.4. The summed E-state index contributed by atoms with van der Waals surface area (Å²) in [7, 11) is 1.83. The second kappa shape index (κ2) is 9.80. The lowest BCUT2D eigenvalue weighted by Crippen LogP contribution is -2.36.